The topological polar surface area (TPSA) is 136 Å². The fourth-order valence-corrected chi connectivity index (χ4v) is 8.95. The second-order valence-corrected chi connectivity index (χ2v) is 13.9. The summed E-state index contributed by atoms with van der Waals surface area (Å²) in [5, 5.41) is 11.8. The van der Waals surface area contributed by atoms with Gasteiger partial charge in [0.2, 0.25) is 0 Å². The summed E-state index contributed by atoms with van der Waals surface area (Å²) in [6.07, 6.45) is 2.06. The van der Waals surface area contributed by atoms with Crippen LogP contribution in [0.5, 0.6) is 0 Å². The summed E-state index contributed by atoms with van der Waals surface area (Å²) in [4.78, 5) is 39.2. The van der Waals surface area contributed by atoms with Crippen LogP contribution in [0, 0.1) is 0 Å². The first-order valence-electron chi connectivity index (χ1n) is 11.8. The standard InChI is InChI=1S/C23H35N2O6PS2.2Li/c24-12-6-4-11-20(31-32(29,30)13-7-5-10-18-8-2-1-3-9-18)21(26)25-17-23(33-14-15-34-23)16-19(25)22(27)28;;/h1-3,8-9,19-20H,4-7,10-17,24H2,(H,27,28)(H,29,30);;/q;2*+1/p-2/t19-,20-;;/m0../s1. The molecule has 1 spiro atoms. The molecular formula is C23H33Li2N2O6PS2. The van der Waals surface area contributed by atoms with E-state index in [1.807, 2.05) is 30.3 Å². The van der Waals surface area contributed by atoms with Crippen LogP contribution in [0.2, 0.25) is 0 Å². The molecule has 8 nitrogen and oxygen atoms in total. The van der Waals surface area contributed by atoms with Gasteiger partial charge in [-0.1, -0.05) is 30.3 Å². The number of carbonyl (C=O) groups excluding carboxylic acids is 2. The molecule has 0 saturated carbocycles. The number of carboxylic acid groups (broad SMARTS) is 1. The third kappa shape index (κ3) is 10.0. The Morgan fingerprint density at radius 3 is 2.42 bits per heavy atom. The Morgan fingerprint density at radius 1 is 1.14 bits per heavy atom. The number of hydrogen-bond donors (Lipinski definition) is 1. The Bertz CT molecular complexity index is 879. The summed E-state index contributed by atoms with van der Waals surface area (Å²) < 4.78 is 17.8. The fraction of sp³-hybridized carbons (Fsp3) is 0.652. The summed E-state index contributed by atoms with van der Waals surface area (Å²) in [7, 11) is -4.29. The number of amides is 1. The van der Waals surface area contributed by atoms with E-state index in [9.17, 15) is 24.2 Å². The van der Waals surface area contributed by atoms with E-state index in [1.165, 1.54) is 4.90 Å². The number of benzene rings is 1. The molecule has 1 aromatic carbocycles. The van der Waals surface area contributed by atoms with Crippen molar-refractivity contribution in [2.45, 2.75) is 61.2 Å². The van der Waals surface area contributed by atoms with Crippen molar-refractivity contribution in [1.82, 2.24) is 4.90 Å². The Balaban J connectivity index is 0.00000324. The summed E-state index contributed by atoms with van der Waals surface area (Å²) in [5.41, 5.74) is 6.70. The molecule has 0 bridgehead atoms. The van der Waals surface area contributed by atoms with E-state index < -0.39 is 31.6 Å². The molecular weight excluding hydrogens is 509 g/mol. The first-order chi connectivity index (χ1) is 16.3. The molecule has 3 atom stereocenters. The number of carbonyl (C=O) groups is 2. The molecule has 3 rings (SSSR count). The molecule has 13 heteroatoms. The summed E-state index contributed by atoms with van der Waals surface area (Å²) in [5.74, 6) is -0.120. The fourth-order valence-electron chi connectivity index (χ4n) is 4.39. The second-order valence-electron chi connectivity index (χ2n) is 8.77. The van der Waals surface area contributed by atoms with Crippen LogP contribution in [-0.4, -0.2) is 63.8 Å². The van der Waals surface area contributed by atoms with Gasteiger partial charge < -0.3 is 34.5 Å². The molecule has 2 fully saturated rings. The molecule has 2 aliphatic rings. The van der Waals surface area contributed by atoms with Crippen molar-refractivity contribution in [2.75, 3.05) is 30.8 Å². The molecule has 2 N–H and O–H groups in total. The molecule has 2 heterocycles. The van der Waals surface area contributed by atoms with Crippen molar-refractivity contribution in [2.24, 2.45) is 5.73 Å². The zero-order valence-corrected chi connectivity index (χ0v) is 23.8. The van der Waals surface area contributed by atoms with Gasteiger partial charge in [-0.15, -0.1) is 23.5 Å². The summed E-state index contributed by atoms with van der Waals surface area (Å²) in [6.45, 7) is 0.661. The number of thioether (sulfide) groups is 2. The van der Waals surface area contributed by atoms with Gasteiger partial charge in [0.15, 0.2) is 0 Å². The average molecular weight is 543 g/mol. The molecule has 0 aliphatic carbocycles. The number of nitrogens with zero attached hydrogens (tertiary/aromatic N) is 1. The van der Waals surface area contributed by atoms with Crippen LogP contribution in [0.3, 0.4) is 0 Å². The van der Waals surface area contributed by atoms with Crippen molar-refractivity contribution >= 4 is 43.0 Å². The number of unbranched alkanes of at least 4 members (excludes halogenated alkanes) is 2. The van der Waals surface area contributed by atoms with E-state index in [0.29, 0.717) is 38.6 Å². The smallest absolute Gasteiger partial charge is 0.778 e. The summed E-state index contributed by atoms with van der Waals surface area (Å²) >= 11 is 3.31. The van der Waals surface area contributed by atoms with Gasteiger partial charge in [0.25, 0.3) is 5.91 Å². The number of aliphatic carboxylic acids is 1. The van der Waals surface area contributed by atoms with Crippen molar-refractivity contribution in [3.63, 3.8) is 0 Å². The van der Waals surface area contributed by atoms with Gasteiger partial charge in [-0.2, -0.15) is 0 Å². The normalized spacial score (nSPS) is 20.8. The minimum absolute atomic E-state index is 0. The van der Waals surface area contributed by atoms with Crippen LogP contribution in [0.25, 0.3) is 0 Å². The van der Waals surface area contributed by atoms with E-state index in [1.54, 1.807) is 23.5 Å². The van der Waals surface area contributed by atoms with Crippen LogP contribution in [0.4, 0.5) is 0 Å². The van der Waals surface area contributed by atoms with Gasteiger partial charge in [-0.05, 0) is 57.1 Å². The summed E-state index contributed by atoms with van der Waals surface area (Å²) in [6, 6.07) is 8.73. The SMILES string of the molecule is NCCCC[C@H](OP(=O)([O-])CCCCc1ccccc1)C(=O)N1CC2(C[C@H]1C(=O)[O-])SCCS2.[Li+].[Li+]. The molecule has 1 aromatic rings. The molecule has 190 valence electrons. The van der Waals surface area contributed by atoms with Crippen LogP contribution in [0.1, 0.15) is 44.1 Å². The number of nitrogens with two attached hydrogens (primary N) is 1. The molecule has 2 aliphatic heterocycles. The van der Waals surface area contributed by atoms with Crippen LogP contribution in [0.15, 0.2) is 30.3 Å². The van der Waals surface area contributed by atoms with E-state index in [2.05, 4.69) is 0 Å². The van der Waals surface area contributed by atoms with Gasteiger partial charge in [0, 0.05) is 24.2 Å². The van der Waals surface area contributed by atoms with Gasteiger partial charge in [0.05, 0.1) is 16.1 Å². The monoisotopic (exact) mass is 542 g/mol. The van der Waals surface area contributed by atoms with Crippen molar-refractivity contribution < 1.29 is 66.4 Å². The number of aryl methyl sites for hydroxylation is 1. The molecule has 0 aromatic heterocycles. The average Bonchev–Trinajstić information content (AvgIpc) is 3.43. The number of likely N-dealkylation sites (tertiary alicyclic amines) is 1. The van der Waals surface area contributed by atoms with Crippen LogP contribution < -0.4 is 53.5 Å². The van der Waals surface area contributed by atoms with E-state index >= 15 is 0 Å². The maximum Gasteiger partial charge on any atom is 1.00 e. The Kier molecular flexibility index (Phi) is 15.5. The van der Waals surface area contributed by atoms with Crippen molar-refractivity contribution in [1.29, 1.82) is 0 Å². The Labute approximate surface area is 246 Å². The molecule has 1 unspecified atom stereocenters. The van der Waals surface area contributed by atoms with Crippen molar-refractivity contribution in [3.8, 4) is 0 Å². The number of rotatable bonds is 13. The van der Waals surface area contributed by atoms with Gasteiger partial charge in [-0.3, -0.25) is 4.79 Å². The Morgan fingerprint density at radius 2 is 1.81 bits per heavy atom. The molecule has 2 saturated heterocycles. The molecule has 0 radical (unpaired) electrons. The number of hydrogen-bond acceptors (Lipinski definition) is 9. The molecule has 36 heavy (non-hydrogen) atoms. The zero-order chi connectivity index (χ0) is 24.6. The van der Waals surface area contributed by atoms with E-state index in [4.69, 9.17) is 10.3 Å². The van der Waals surface area contributed by atoms with Gasteiger partial charge in [-0.25, -0.2) is 0 Å². The van der Waals surface area contributed by atoms with Gasteiger partial charge in [0.1, 0.15) is 13.7 Å². The predicted molar refractivity (Wildman–Crippen MR) is 132 cm³/mol. The Hall–Kier alpha value is 0.165. The van der Waals surface area contributed by atoms with E-state index in [0.717, 1.165) is 23.5 Å². The van der Waals surface area contributed by atoms with Crippen LogP contribution in [-0.2, 0) is 25.1 Å². The minimum Gasteiger partial charge on any atom is -0.778 e. The largest absolute Gasteiger partial charge is 1.00 e. The zero-order valence-electron chi connectivity index (χ0n) is 21.3. The van der Waals surface area contributed by atoms with E-state index in [-0.39, 0.29) is 60.9 Å². The maximum absolute atomic E-state index is 13.4. The van der Waals surface area contributed by atoms with Gasteiger partial charge >= 0.3 is 37.7 Å². The second kappa shape index (κ2) is 16.3. The molecule has 1 amide bonds. The first-order valence-corrected chi connectivity index (χ1v) is 15.5. The third-order valence-corrected chi connectivity index (χ3v) is 11.0. The predicted octanol–water partition coefficient (Wildman–Crippen LogP) is -4.39. The minimum atomic E-state index is -4.29. The van der Waals surface area contributed by atoms with Crippen molar-refractivity contribution in [3.05, 3.63) is 35.9 Å². The number of carboxylic acids is 1. The third-order valence-electron chi connectivity index (χ3n) is 6.13. The van der Waals surface area contributed by atoms with Crippen LogP contribution >= 0.6 is 31.1 Å². The maximum atomic E-state index is 13.4. The first kappa shape index (κ1) is 34.2. The quantitative estimate of drug-likeness (QED) is 0.149.